The molecule has 0 radical (unpaired) electrons. The quantitative estimate of drug-likeness (QED) is 0.780. The average molecular weight is 273 g/mol. The number of rotatable bonds is 2. The van der Waals surface area contributed by atoms with Gasteiger partial charge in [-0.25, -0.2) is 13.8 Å². The zero-order valence-corrected chi connectivity index (χ0v) is 10.2. The highest BCUT2D eigenvalue weighted by atomic mass is 19.1. The third-order valence-electron chi connectivity index (χ3n) is 2.84. The van der Waals surface area contributed by atoms with Crippen LogP contribution >= 0.6 is 0 Å². The molecule has 20 heavy (non-hydrogen) atoms. The number of fused-ring (bicyclic) bond motifs is 1. The Bertz CT molecular complexity index is 798. The molecule has 0 fully saturated rings. The summed E-state index contributed by atoms with van der Waals surface area (Å²) < 4.78 is 28.0. The molecule has 0 saturated heterocycles. The van der Waals surface area contributed by atoms with E-state index in [-0.39, 0.29) is 11.5 Å². The summed E-state index contributed by atoms with van der Waals surface area (Å²) in [5.41, 5.74) is 0.557. The molecule has 4 nitrogen and oxygen atoms in total. The van der Waals surface area contributed by atoms with Crippen molar-refractivity contribution in [2.24, 2.45) is 0 Å². The molecule has 0 aliphatic rings. The summed E-state index contributed by atoms with van der Waals surface area (Å²) in [5, 5.41) is 2.49. The highest BCUT2D eigenvalue weighted by Gasteiger charge is 2.14. The number of hydrogen-bond acceptors (Lipinski definition) is 2. The van der Waals surface area contributed by atoms with Gasteiger partial charge in [-0.2, -0.15) is 0 Å². The fourth-order valence-electron chi connectivity index (χ4n) is 1.88. The molecule has 0 bridgehead atoms. The lowest BCUT2D eigenvalue weighted by Gasteiger charge is -2.05. The monoisotopic (exact) mass is 273 g/mol. The van der Waals surface area contributed by atoms with Crippen molar-refractivity contribution >= 4 is 17.4 Å². The van der Waals surface area contributed by atoms with E-state index < -0.39 is 17.5 Å². The predicted octanol–water partition coefficient (Wildman–Crippen LogP) is 2.86. The summed E-state index contributed by atoms with van der Waals surface area (Å²) in [5.74, 6) is -2.05. The molecule has 0 aliphatic heterocycles. The van der Waals surface area contributed by atoms with Crippen LogP contribution in [0.5, 0.6) is 0 Å². The van der Waals surface area contributed by atoms with Gasteiger partial charge in [-0.3, -0.25) is 14.5 Å². The number of nitrogens with zero attached hydrogens (tertiary/aromatic N) is 2. The fraction of sp³-hybridized carbons (Fsp3) is 0. The number of nitrogens with one attached hydrogen (secondary N) is 1. The lowest BCUT2D eigenvalue weighted by Crippen LogP contribution is -2.15. The molecule has 0 unspecified atom stereocenters. The minimum Gasteiger partial charge on any atom is -0.291 e. The van der Waals surface area contributed by atoms with Crippen molar-refractivity contribution in [3.05, 3.63) is 66.0 Å². The highest BCUT2D eigenvalue weighted by Crippen LogP contribution is 2.14. The lowest BCUT2D eigenvalue weighted by molar-refractivity contribution is 0.102. The first-order chi connectivity index (χ1) is 9.65. The second-order valence-corrected chi connectivity index (χ2v) is 4.16. The van der Waals surface area contributed by atoms with Gasteiger partial charge < -0.3 is 0 Å². The Balaban J connectivity index is 1.92. The van der Waals surface area contributed by atoms with Gasteiger partial charge in [0.2, 0.25) is 5.95 Å². The minimum atomic E-state index is -0.914. The number of amides is 1. The van der Waals surface area contributed by atoms with Crippen molar-refractivity contribution in [3.63, 3.8) is 0 Å². The van der Waals surface area contributed by atoms with Gasteiger partial charge in [-0.05, 0) is 24.3 Å². The zero-order valence-electron chi connectivity index (χ0n) is 10.2. The molecule has 0 atom stereocenters. The van der Waals surface area contributed by atoms with Gasteiger partial charge in [0, 0.05) is 12.3 Å². The van der Waals surface area contributed by atoms with E-state index in [1.54, 1.807) is 22.9 Å². The van der Waals surface area contributed by atoms with E-state index in [2.05, 4.69) is 10.3 Å². The first-order valence-electron chi connectivity index (χ1n) is 5.83. The van der Waals surface area contributed by atoms with Crippen molar-refractivity contribution < 1.29 is 13.6 Å². The highest BCUT2D eigenvalue weighted by molar-refractivity contribution is 6.03. The van der Waals surface area contributed by atoms with Crippen LogP contribution in [0.15, 0.2) is 48.8 Å². The van der Waals surface area contributed by atoms with E-state index in [9.17, 15) is 13.6 Å². The van der Waals surface area contributed by atoms with Crippen LogP contribution in [0.3, 0.4) is 0 Å². The van der Waals surface area contributed by atoms with Crippen LogP contribution in [0, 0.1) is 11.6 Å². The topological polar surface area (TPSA) is 46.4 Å². The minimum absolute atomic E-state index is 0.237. The lowest BCUT2D eigenvalue weighted by atomic mass is 10.2. The molecule has 2 heterocycles. The van der Waals surface area contributed by atoms with E-state index in [1.807, 2.05) is 12.1 Å². The molecule has 0 spiro atoms. The van der Waals surface area contributed by atoms with Crippen molar-refractivity contribution in [3.8, 4) is 0 Å². The summed E-state index contributed by atoms with van der Waals surface area (Å²) in [4.78, 5) is 16.0. The van der Waals surface area contributed by atoms with Crippen LogP contribution < -0.4 is 5.32 Å². The molecule has 2 aromatic heterocycles. The molecule has 1 aromatic carbocycles. The van der Waals surface area contributed by atoms with Gasteiger partial charge in [0.1, 0.15) is 11.6 Å². The second-order valence-electron chi connectivity index (χ2n) is 4.16. The number of carbonyl (C=O) groups excluding carboxylic acids is 1. The largest absolute Gasteiger partial charge is 0.291 e. The molecule has 3 aromatic rings. The number of halogens is 2. The number of aromatic nitrogens is 2. The maximum absolute atomic E-state index is 13.5. The molecule has 1 N–H and O–H groups in total. The average Bonchev–Trinajstić information content (AvgIpc) is 2.82. The number of anilines is 1. The van der Waals surface area contributed by atoms with Crippen molar-refractivity contribution in [2.75, 3.05) is 5.32 Å². The Morgan fingerprint density at radius 2 is 2.05 bits per heavy atom. The van der Waals surface area contributed by atoms with Crippen LogP contribution in [-0.2, 0) is 0 Å². The molecule has 0 saturated carbocycles. The molecular formula is C14H9F2N3O. The first-order valence-corrected chi connectivity index (χ1v) is 5.83. The maximum atomic E-state index is 13.5. The summed E-state index contributed by atoms with van der Waals surface area (Å²) in [6.45, 7) is 0. The van der Waals surface area contributed by atoms with E-state index in [0.29, 0.717) is 6.07 Å². The van der Waals surface area contributed by atoms with Gasteiger partial charge in [0.25, 0.3) is 5.91 Å². The Hall–Kier alpha value is -2.76. The van der Waals surface area contributed by atoms with E-state index in [1.165, 1.54) is 0 Å². The SMILES string of the molecule is O=C(Nc1ncc2ccccn12)c1ccc(F)cc1F. The van der Waals surface area contributed by atoms with Gasteiger partial charge in [0.15, 0.2) is 0 Å². The summed E-state index contributed by atoms with van der Waals surface area (Å²) in [6, 6.07) is 8.22. The Labute approximate surface area is 112 Å². The normalized spacial score (nSPS) is 10.7. The predicted molar refractivity (Wildman–Crippen MR) is 69.5 cm³/mol. The van der Waals surface area contributed by atoms with Gasteiger partial charge in [-0.1, -0.05) is 6.07 Å². The van der Waals surface area contributed by atoms with E-state index in [0.717, 1.165) is 17.6 Å². The molecule has 6 heteroatoms. The van der Waals surface area contributed by atoms with Crippen LogP contribution in [0.4, 0.5) is 14.7 Å². The van der Waals surface area contributed by atoms with Crippen molar-refractivity contribution in [2.45, 2.75) is 0 Å². The first kappa shape index (κ1) is 12.3. The van der Waals surface area contributed by atoms with Crippen molar-refractivity contribution in [1.29, 1.82) is 0 Å². The second kappa shape index (κ2) is 4.73. The molecular weight excluding hydrogens is 264 g/mol. The van der Waals surface area contributed by atoms with Gasteiger partial charge >= 0.3 is 0 Å². The van der Waals surface area contributed by atoms with E-state index >= 15 is 0 Å². The fourth-order valence-corrected chi connectivity index (χ4v) is 1.88. The number of benzene rings is 1. The standard InChI is InChI=1S/C14H9F2N3O/c15-9-4-5-11(12(16)7-9)13(20)18-14-17-8-10-3-1-2-6-19(10)14/h1-8H,(H,17,18,20). The van der Waals surface area contributed by atoms with E-state index in [4.69, 9.17) is 0 Å². The van der Waals surface area contributed by atoms with Gasteiger partial charge in [0.05, 0.1) is 17.3 Å². The van der Waals surface area contributed by atoms with Crippen LogP contribution in [0.2, 0.25) is 0 Å². The molecule has 100 valence electrons. The third kappa shape index (κ3) is 2.11. The number of hydrogen-bond donors (Lipinski definition) is 1. The molecule has 1 amide bonds. The van der Waals surface area contributed by atoms with Crippen molar-refractivity contribution in [1.82, 2.24) is 9.38 Å². The Morgan fingerprint density at radius 1 is 1.20 bits per heavy atom. The van der Waals surface area contributed by atoms with Crippen LogP contribution in [0.25, 0.3) is 5.52 Å². The maximum Gasteiger partial charge on any atom is 0.260 e. The summed E-state index contributed by atoms with van der Waals surface area (Å²) in [6.07, 6.45) is 3.30. The number of pyridine rings is 1. The Morgan fingerprint density at radius 3 is 2.85 bits per heavy atom. The zero-order chi connectivity index (χ0) is 14.1. The number of carbonyl (C=O) groups is 1. The van der Waals surface area contributed by atoms with Crippen LogP contribution in [0.1, 0.15) is 10.4 Å². The smallest absolute Gasteiger partial charge is 0.260 e. The summed E-state index contributed by atoms with van der Waals surface area (Å²) in [7, 11) is 0. The van der Waals surface area contributed by atoms with Gasteiger partial charge in [-0.15, -0.1) is 0 Å². The third-order valence-corrected chi connectivity index (χ3v) is 2.84. The number of imidazole rings is 1. The summed E-state index contributed by atoms with van der Waals surface area (Å²) >= 11 is 0. The Kier molecular flexibility index (Phi) is 2.90. The van der Waals surface area contributed by atoms with Crippen LogP contribution in [-0.4, -0.2) is 15.3 Å². The molecule has 0 aliphatic carbocycles. The molecule has 3 rings (SSSR count).